The first-order chi connectivity index (χ1) is 16.2. The third-order valence-corrected chi connectivity index (χ3v) is 6.93. The van der Waals surface area contributed by atoms with Gasteiger partial charge in [0.1, 0.15) is 7.05 Å². The van der Waals surface area contributed by atoms with Gasteiger partial charge in [-0.1, -0.05) is 48.0 Å². The second kappa shape index (κ2) is 7.69. The van der Waals surface area contributed by atoms with Crippen LogP contribution in [0.25, 0.3) is 6.08 Å². The average molecular weight is 441 g/mol. The Morgan fingerprint density at radius 1 is 0.939 bits per heavy atom. The van der Waals surface area contributed by atoms with Crippen LogP contribution in [0.1, 0.15) is 39.8 Å². The zero-order chi connectivity index (χ0) is 22.5. The molecule has 0 aromatic heterocycles. The van der Waals surface area contributed by atoms with Gasteiger partial charge in [-0.3, -0.25) is 0 Å². The highest BCUT2D eigenvalue weighted by Crippen LogP contribution is 2.52. The molecular weight excluding hydrogens is 414 g/mol. The molecule has 0 spiro atoms. The zero-order valence-corrected chi connectivity index (χ0v) is 19.0. The summed E-state index contributed by atoms with van der Waals surface area (Å²) in [6.45, 7) is 0.268. The van der Waals surface area contributed by atoms with Crippen LogP contribution in [0.4, 0.5) is 0 Å². The van der Waals surface area contributed by atoms with Crippen molar-refractivity contribution in [1.29, 1.82) is 0 Å². The van der Waals surface area contributed by atoms with Gasteiger partial charge in [-0.15, -0.1) is 0 Å². The standard InChI is InChI=1S/C28H26NO4/c1-29-15-22-20(9-10-23-28(22)33-16-32-23)26-19(11-17-7-5-4-6-8-17)12-18-13-24(30-2)25(31-3)14-21(18)27(26)29/h4-10,12-15,26-27H,11,16H2,1-3H3/q+1. The quantitative estimate of drug-likeness (QED) is 0.537. The lowest BCUT2D eigenvalue weighted by Gasteiger charge is -2.35. The Kier molecular flexibility index (Phi) is 4.64. The van der Waals surface area contributed by atoms with Gasteiger partial charge in [-0.05, 0) is 41.3 Å². The lowest BCUT2D eigenvalue weighted by atomic mass is 9.71. The molecule has 1 aliphatic carbocycles. The predicted molar refractivity (Wildman–Crippen MR) is 127 cm³/mol. The van der Waals surface area contributed by atoms with Crippen molar-refractivity contribution in [2.45, 2.75) is 18.4 Å². The third-order valence-electron chi connectivity index (χ3n) is 6.93. The molecule has 166 valence electrons. The van der Waals surface area contributed by atoms with Crippen LogP contribution in [0.2, 0.25) is 0 Å². The Morgan fingerprint density at radius 3 is 2.52 bits per heavy atom. The Bertz CT molecular complexity index is 1310. The number of fused-ring (bicyclic) bond motifs is 7. The monoisotopic (exact) mass is 440 g/mol. The molecule has 0 saturated carbocycles. The Morgan fingerprint density at radius 2 is 1.73 bits per heavy atom. The van der Waals surface area contributed by atoms with E-state index in [0.717, 1.165) is 35.0 Å². The van der Waals surface area contributed by atoms with Crippen LogP contribution in [0.15, 0.2) is 60.2 Å². The van der Waals surface area contributed by atoms with Crippen LogP contribution in [-0.2, 0) is 6.42 Å². The van der Waals surface area contributed by atoms with Gasteiger partial charge in [0.15, 0.2) is 35.3 Å². The SMILES string of the molecule is COc1cc2c(cc1OC)C1C(C(Cc3ccccc3)=C2)c2ccc3c(c2C=[N+]1C)OCO3. The molecule has 0 fully saturated rings. The van der Waals surface area contributed by atoms with Crippen molar-refractivity contribution in [2.75, 3.05) is 28.1 Å². The summed E-state index contributed by atoms with van der Waals surface area (Å²) in [6.07, 6.45) is 5.40. The minimum Gasteiger partial charge on any atom is -0.493 e. The maximum absolute atomic E-state index is 5.88. The predicted octanol–water partition coefficient (Wildman–Crippen LogP) is 4.97. The summed E-state index contributed by atoms with van der Waals surface area (Å²) in [4.78, 5) is 0. The normalized spacial score (nSPS) is 19.6. The summed E-state index contributed by atoms with van der Waals surface area (Å²) >= 11 is 0. The van der Waals surface area contributed by atoms with Crippen molar-refractivity contribution in [2.24, 2.45) is 0 Å². The van der Waals surface area contributed by atoms with Crippen molar-refractivity contribution in [1.82, 2.24) is 0 Å². The molecule has 2 unspecified atom stereocenters. The number of benzene rings is 3. The highest BCUT2D eigenvalue weighted by Gasteiger charge is 2.44. The first kappa shape index (κ1) is 19.9. The molecule has 0 amide bonds. The second-order valence-electron chi connectivity index (χ2n) is 8.74. The van der Waals surface area contributed by atoms with E-state index in [1.54, 1.807) is 14.2 Å². The fraction of sp³-hybridized carbons (Fsp3) is 0.250. The molecule has 3 aromatic rings. The number of likely N-dealkylation sites (N-methyl/N-ethyl adjacent to an activating group) is 1. The fourth-order valence-electron chi connectivity index (χ4n) is 5.48. The zero-order valence-electron chi connectivity index (χ0n) is 19.0. The van der Waals surface area contributed by atoms with E-state index in [4.69, 9.17) is 18.9 Å². The summed E-state index contributed by atoms with van der Waals surface area (Å²) in [5, 5.41) is 0. The molecule has 2 atom stereocenters. The largest absolute Gasteiger partial charge is 0.493 e. The molecule has 3 aromatic carbocycles. The van der Waals surface area contributed by atoms with Gasteiger partial charge in [0.25, 0.3) is 0 Å². The Balaban J connectivity index is 1.58. The summed E-state index contributed by atoms with van der Waals surface area (Å²) in [5.41, 5.74) is 7.44. The van der Waals surface area contributed by atoms with Gasteiger partial charge in [0.2, 0.25) is 6.79 Å². The average Bonchev–Trinajstić information content (AvgIpc) is 3.33. The number of nitrogens with zero attached hydrogens (tertiary/aromatic N) is 1. The van der Waals surface area contributed by atoms with Crippen LogP contribution in [0.3, 0.4) is 0 Å². The smallest absolute Gasteiger partial charge is 0.231 e. The van der Waals surface area contributed by atoms with E-state index in [9.17, 15) is 0 Å². The topological polar surface area (TPSA) is 39.9 Å². The van der Waals surface area contributed by atoms with E-state index in [0.29, 0.717) is 0 Å². The minimum absolute atomic E-state index is 0.136. The summed E-state index contributed by atoms with van der Waals surface area (Å²) in [6, 6.07) is 19.3. The van der Waals surface area contributed by atoms with E-state index in [2.05, 4.69) is 72.4 Å². The third kappa shape index (κ3) is 3.10. The molecule has 2 heterocycles. The van der Waals surface area contributed by atoms with Crippen LogP contribution in [-0.4, -0.2) is 38.9 Å². The number of methoxy groups -OCH3 is 2. The molecule has 0 N–H and O–H groups in total. The van der Waals surface area contributed by atoms with Gasteiger partial charge in [-0.2, -0.15) is 0 Å². The first-order valence-corrected chi connectivity index (χ1v) is 11.2. The fourth-order valence-corrected chi connectivity index (χ4v) is 5.48. The van der Waals surface area contributed by atoms with E-state index in [1.807, 2.05) is 6.07 Å². The summed E-state index contributed by atoms with van der Waals surface area (Å²) < 4.78 is 25.1. The maximum atomic E-state index is 5.88. The van der Waals surface area contributed by atoms with Crippen molar-refractivity contribution < 1.29 is 23.5 Å². The Hall–Kier alpha value is -3.73. The number of hydrogen-bond donors (Lipinski definition) is 0. The van der Waals surface area contributed by atoms with E-state index < -0.39 is 0 Å². The van der Waals surface area contributed by atoms with Crippen molar-refractivity contribution in [3.8, 4) is 23.0 Å². The van der Waals surface area contributed by atoms with Crippen molar-refractivity contribution in [3.63, 3.8) is 0 Å². The highest BCUT2D eigenvalue weighted by atomic mass is 16.7. The molecule has 5 nitrogen and oxygen atoms in total. The van der Waals surface area contributed by atoms with Gasteiger partial charge in [0, 0.05) is 5.56 Å². The van der Waals surface area contributed by atoms with Crippen molar-refractivity contribution >= 4 is 12.3 Å². The lowest BCUT2D eigenvalue weighted by molar-refractivity contribution is -0.545. The maximum Gasteiger partial charge on any atom is 0.231 e. The van der Waals surface area contributed by atoms with Gasteiger partial charge in [-0.25, -0.2) is 4.58 Å². The minimum atomic E-state index is 0.136. The number of hydrogen-bond acceptors (Lipinski definition) is 4. The van der Waals surface area contributed by atoms with E-state index in [1.165, 1.54) is 27.8 Å². The van der Waals surface area contributed by atoms with Gasteiger partial charge < -0.3 is 18.9 Å². The summed E-state index contributed by atoms with van der Waals surface area (Å²) in [5.74, 6) is 3.33. The molecular formula is C28H26NO4+. The van der Waals surface area contributed by atoms with Crippen LogP contribution in [0.5, 0.6) is 23.0 Å². The molecule has 5 heteroatoms. The molecule has 2 aliphatic heterocycles. The molecule has 0 bridgehead atoms. The highest BCUT2D eigenvalue weighted by molar-refractivity contribution is 5.87. The lowest BCUT2D eigenvalue weighted by Crippen LogP contribution is -2.32. The van der Waals surface area contributed by atoms with Gasteiger partial charge >= 0.3 is 0 Å². The molecule has 0 saturated heterocycles. The van der Waals surface area contributed by atoms with Crippen LogP contribution in [0, 0.1) is 0 Å². The molecule has 33 heavy (non-hydrogen) atoms. The van der Waals surface area contributed by atoms with Crippen molar-refractivity contribution in [3.05, 3.63) is 88.0 Å². The van der Waals surface area contributed by atoms with E-state index >= 15 is 0 Å². The van der Waals surface area contributed by atoms with Gasteiger partial charge in [0.05, 0.1) is 25.7 Å². The number of rotatable bonds is 4. The van der Waals surface area contributed by atoms with Crippen LogP contribution < -0.4 is 18.9 Å². The molecule has 3 aliphatic rings. The van der Waals surface area contributed by atoms with E-state index in [-0.39, 0.29) is 18.8 Å². The number of ether oxygens (including phenoxy) is 4. The first-order valence-electron chi connectivity index (χ1n) is 11.2. The van der Waals surface area contributed by atoms with Crippen LogP contribution >= 0.6 is 0 Å². The second-order valence-corrected chi connectivity index (χ2v) is 8.74. The Labute approximate surface area is 193 Å². The summed E-state index contributed by atoms with van der Waals surface area (Å²) in [7, 11) is 5.51. The molecule has 0 radical (unpaired) electrons. The molecule has 6 rings (SSSR count).